The van der Waals surface area contributed by atoms with E-state index in [1.165, 1.54) is 31.3 Å². The molecule has 1 aromatic heterocycles. The summed E-state index contributed by atoms with van der Waals surface area (Å²) < 4.78 is 20.1. The van der Waals surface area contributed by atoms with Gasteiger partial charge in [0.1, 0.15) is 5.82 Å². The molecular formula is C22H29FN2O2. The van der Waals surface area contributed by atoms with Crippen LogP contribution < -0.4 is 0 Å². The van der Waals surface area contributed by atoms with Crippen LogP contribution in [0.4, 0.5) is 4.39 Å². The van der Waals surface area contributed by atoms with Crippen LogP contribution in [0.1, 0.15) is 57.9 Å². The number of nitrogens with zero attached hydrogens (tertiary/aromatic N) is 2. The van der Waals surface area contributed by atoms with E-state index in [1.54, 1.807) is 12.1 Å². The summed E-state index contributed by atoms with van der Waals surface area (Å²) in [6.07, 6.45) is 13.2. The van der Waals surface area contributed by atoms with Crippen LogP contribution >= 0.6 is 0 Å². The zero-order valence-corrected chi connectivity index (χ0v) is 16.2. The van der Waals surface area contributed by atoms with Gasteiger partial charge in [-0.1, -0.05) is 44.1 Å². The van der Waals surface area contributed by atoms with Gasteiger partial charge in [-0.05, 0) is 38.7 Å². The van der Waals surface area contributed by atoms with Gasteiger partial charge < -0.3 is 9.84 Å². The summed E-state index contributed by atoms with van der Waals surface area (Å²) in [6, 6.07) is 4.91. The first kappa shape index (κ1) is 21.0. The van der Waals surface area contributed by atoms with Crippen LogP contribution in [0.2, 0.25) is 0 Å². The number of allylic oxidation sites excluding steroid dienone is 1. The van der Waals surface area contributed by atoms with E-state index >= 15 is 0 Å². The molecule has 1 atom stereocenters. The lowest BCUT2D eigenvalue weighted by Crippen LogP contribution is -2.08. The molecule has 0 aliphatic rings. The third-order valence-corrected chi connectivity index (χ3v) is 4.33. The summed E-state index contributed by atoms with van der Waals surface area (Å²) in [6.45, 7) is 5.14. The highest BCUT2D eigenvalue weighted by Gasteiger charge is 2.06. The Morgan fingerprint density at radius 3 is 2.67 bits per heavy atom. The summed E-state index contributed by atoms with van der Waals surface area (Å²) in [4.78, 5) is 7.99. The van der Waals surface area contributed by atoms with E-state index < -0.39 is 0 Å². The predicted molar refractivity (Wildman–Crippen MR) is 107 cm³/mol. The Balaban J connectivity index is 1.77. The van der Waals surface area contributed by atoms with E-state index in [9.17, 15) is 9.50 Å². The number of ether oxygens (including phenoxy) is 1. The molecule has 1 unspecified atom stereocenters. The Bertz CT molecular complexity index is 717. The topological polar surface area (TPSA) is 55.2 Å². The van der Waals surface area contributed by atoms with Crippen molar-refractivity contribution in [1.82, 2.24) is 9.97 Å². The number of rotatable bonds is 11. The van der Waals surface area contributed by atoms with E-state index in [4.69, 9.17) is 4.74 Å². The van der Waals surface area contributed by atoms with Gasteiger partial charge >= 0.3 is 0 Å². The van der Waals surface area contributed by atoms with Gasteiger partial charge in [0.05, 0.1) is 18.5 Å². The van der Waals surface area contributed by atoms with Crippen molar-refractivity contribution in [3.05, 3.63) is 48.0 Å². The average Bonchev–Trinajstić information content (AvgIpc) is 2.66. The van der Waals surface area contributed by atoms with Gasteiger partial charge in [-0.2, -0.15) is 0 Å². The monoisotopic (exact) mass is 372 g/mol. The molecule has 0 bridgehead atoms. The number of unbranched alkanes of at least 4 members (excludes halogenated alkanes) is 3. The number of aromatic nitrogens is 2. The minimum absolute atomic E-state index is 0.0144. The normalized spacial score (nSPS) is 12.6. The molecule has 1 N–H and O–H groups in total. The Kier molecular flexibility index (Phi) is 8.92. The molecule has 2 rings (SSSR count). The third kappa shape index (κ3) is 7.47. The lowest BCUT2D eigenvalue weighted by molar-refractivity contribution is 0.0566. The molecule has 0 saturated heterocycles. The summed E-state index contributed by atoms with van der Waals surface area (Å²) >= 11 is 0. The van der Waals surface area contributed by atoms with E-state index in [0.29, 0.717) is 17.0 Å². The molecule has 2 aromatic rings. The van der Waals surface area contributed by atoms with E-state index in [-0.39, 0.29) is 17.7 Å². The number of hydrogen-bond acceptors (Lipinski definition) is 4. The number of hydrogen-bond donors (Lipinski definition) is 1. The van der Waals surface area contributed by atoms with Gasteiger partial charge in [-0.15, -0.1) is 0 Å². The fourth-order valence-corrected chi connectivity index (χ4v) is 2.73. The molecular weight excluding hydrogens is 343 g/mol. The van der Waals surface area contributed by atoms with Gasteiger partial charge in [-0.3, -0.25) is 0 Å². The third-order valence-electron chi connectivity index (χ3n) is 4.33. The molecule has 0 radical (unpaired) electrons. The predicted octanol–water partition coefficient (Wildman–Crippen LogP) is 5.77. The van der Waals surface area contributed by atoms with Crippen molar-refractivity contribution in [3.63, 3.8) is 0 Å². The highest BCUT2D eigenvalue weighted by atomic mass is 19.1. The van der Waals surface area contributed by atoms with E-state index in [2.05, 4.69) is 23.8 Å². The molecule has 1 heterocycles. The lowest BCUT2D eigenvalue weighted by atomic mass is 10.1. The first-order valence-corrected chi connectivity index (χ1v) is 9.69. The van der Waals surface area contributed by atoms with Crippen molar-refractivity contribution in [1.29, 1.82) is 0 Å². The second-order valence-corrected chi connectivity index (χ2v) is 6.72. The summed E-state index contributed by atoms with van der Waals surface area (Å²) in [5, 5.41) is 9.23. The molecule has 0 aliphatic heterocycles. The van der Waals surface area contributed by atoms with E-state index in [0.717, 1.165) is 32.3 Å². The zero-order valence-electron chi connectivity index (χ0n) is 16.2. The van der Waals surface area contributed by atoms with Crippen molar-refractivity contribution < 1.29 is 14.2 Å². The van der Waals surface area contributed by atoms with Crippen molar-refractivity contribution in [3.8, 4) is 17.1 Å². The Labute approximate surface area is 161 Å². The van der Waals surface area contributed by atoms with Gasteiger partial charge in [-0.25, -0.2) is 14.4 Å². The summed E-state index contributed by atoms with van der Waals surface area (Å²) in [5.41, 5.74) is 1.13. The van der Waals surface area contributed by atoms with Gasteiger partial charge in [0, 0.05) is 17.7 Å². The molecule has 0 fully saturated rings. The standard InChI is InChI=1S/C22H29FN2O2/c1-3-4-8-13-27-17(2)9-6-5-7-10-18-11-12-19(14-21(18)23)22-24-15-20(26)16-25-22/h7,10-12,14-17,26H,3-6,8-9,13H2,1-2H3/b10-7+. The average molecular weight is 372 g/mol. The smallest absolute Gasteiger partial charge is 0.159 e. The fraction of sp³-hybridized carbons (Fsp3) is 0.455. The molecule has 146 valence electrons. The van der Waals surface area contributed by atoms with Crippen molar-refractivity contribution in [2.45, 2.75) is 58.5 Å². The fourth-order valence-electron chi connectivity index (χ4n) is 2.73. The van der Waals surface area contributed by atoms with Crippen LogP contribution in [-0.2, 0) is 4.74 Å². The van der Waals surface area contributed by atoms with Gasteiger partial charge in [0.15, 0.2) is 11.6 Å². The molecule has 1 aromatic carbocycles. The quantitative estimate of drug-likeness (QED) is 0.509. The molecule has 5 heteroatoms. The maximum Gasteiger partial charge on any atom is 0.159 e. The maximum atomic E-state index is 14.3. The van der Waals surface area contributed by atoms with Crippen LogP contribution in [0, 0.1) is 5.82 Å². The van der Waals surface area contributed by atoms with Crippen LogP contribution in [0.3, 0.4) is 0 Å². The molecule has 0 aliphatic carbocycles. The Morgan fingerprint density at radius 2 is 1.96 bits per heavy atom. The zero-order chi connectivity index (χ0) is 19.5. The second-order valence-electron chi connectivity index (χ2n) is 6.72. The van der Waals surface area contributed by atoms with Crippen molar-refractivity contribution >= 4 is 6.08 Å². The SMILES string of the molecule is CCCCCOC(C)CCC/C=C/c1ccc(-c2ncc(O)cn2)cc1F. The van der Waals surface area contributed by atoms with Crippen molar-refractivity contribution in [2.75, 3.05) is 6.61 Å². The van der Waals surface area contributed by atoms with Crippen LogP contribution in [-0.4, -0.2) is 27.8 Å². The first-order chi connectivity index (χ1) is 13.1. The Morgan fingerprint density at radius 1 is 1.19 bits per heavy atom. The van der Waals surface area contributed by atoms with Gasteiger partial charge in [0.2, 0.25) is 0 Å². The second kappa shape index (κ2) is 11.4. The van der Waals surface area contributed by atoms with Crippen LogP contribution in [0.15, 0.2) is 36.7 Å². The summed E-state index contributed by atoms with van der Waals surface area (Å²) in [5.74, 6) is 0.0580. The molecule has 0 amide bonds. The highest BCUT2D eigenvalue weighted by molar-refractivity contribution is 5.60. The lowest BCUT2D eigenvalue weighted by Gasteiger charge is -2.12. The number of benzene rings is 1. The van der Waals surface area contributed by atoms with E-state index in [1.807, 2.05) is 12.2 Å². The first-order valence-electron chi connectivity index (χ1n) is 9.69. The highest BCUT2D eigenvalue weighted by Crippen LogP contribution is 2.20. The number of halogens is 1. The largest absolute Gasteiger partial charge is 0.505 e. The Hall–Kier alpha value is -2.27. The minimum Gasteiger partial charge on any atom is -0.505 e. The van der Waals surface area contributed by atoms with Gasteiger partial charge in [0.25, 0.3) is 0 Å². The minimum atomic E-state index is -0.312. The molecule has 0 spiro atoms. The molecule has 4 nitrogen and oxygen atoms in total. The maximum absolute atomic E-state index is 14.3. The number of aromatic hydroxyl groups is 1. The molecule has 0 saturated carbocycles. The summed E-state index contributed by atoms with van der Waals surface area (Å²) in [7, 11) is 0. The van der Waals surface area contributed by atoms with Crippen LogP contribution in [0.5, 0.6) is 5.75 Å². The van der Waals surface area contributed by atoms with Crippen molar-refractivity contribution in [2.24, 2.45) is 0 Å². The van der Waals surface area contributed by atoms with Crippen LogP contribution in [0.25, 0.3) is 17.5 Å². The molecule has 27 heavy (non-hydrogen) atoms.